The van der Waals surface area contributed by atoms with E-state index < -0.39 is 0 Å². The van der Waals surface area contributed by atoms with Crippen molar-refractivity contribution >= 4 is 0 Å². The largest absolute Gasteiger partial charge is 0.308 e. The molecule has 3 saturated heterocycles. The van der Waals surface area contributed by atoms with Gasteiger partial charge < -0.3 is 29.4 Å². The molecule has 3 fully saturated rings. The van der Waals surface area contributed by atoms with Crippen LogP contribution in [-0.4, -0.2) is 149 Å². The summed E-state index contributed by atoms with van der Waals surface area (Å²) in [7, 11) is 8.69. The summed E-state index contributed by atoms with van der Waals surface area (Å²) in [5.74, 6) is 1.94. The first-order valence-electron chi connectivity index (χ1n) is 16.5. The molecule has 0 atom stereocenters. The Labute approximate surface area is 241 Å². The molecule has 0 amide bonds. The van der Waals surface area contributed by atoms with Crippen molar-refractivity contribution in [1.29, 1.82) is 0 Å². The predicted octanol–water partition coefficient (Wildman–Crippen LogP) is 5.01. The summed E-state index contributed by atoms with van der Waals surface area (Å²) in [4.78, 5) is 14.9. The van der Waals surface area contributed by atoms with Gasteiger partial charge in [-0.15, -0.1) is 0 Å². The molecule has 0 bridgehead atoms. The quantitative estimate of drug-likeness (QED) is 0.385. The van der Waals surface area contributed by atoms with Gasteiger partial charge in [-0.05, 0) is 124 Å². The van der Waals surface area contributed by atoms with E-state index in [0.717, 1.165) is 11.8 Å². The number of hydrogen-bond donors (Lipinski definition) is 0. The highest BCUT2D eigenvalue weighted by Crippen LogP contribution is 2.19. The Kier molecular flexibility index (Phi) is 24.4. The fourth-order valence-corrected chi connectivity index (χ4v) is 5.33. The SMILES string of the molecule is CC.CC1CCN(C)CC1.CCCN(CC)CCN(C)C.CCCN1CCC(CN2CCN(C)CC2)CC1. The second kappa shape index (κ2) is 24.5. The molecule has 6 heteroatoms. The zero-order chi connectivity index (χ0) is 28.8. The number of likely N-dealkylation sites (N-methyl/N-ethyl adjacent to an activating group) is 3. The highest BCUT2D eigenvalue weighted by molar-refractivity contribution is 4.77. The maximum atomic E-state index is 2.68. The van der Waals surface area contributed by atoms with Gasteiger partial charge in [0.15, 0.2) is 0 Å². The molecule has 0 N–H and O–H groups in total. The highest BCUT2D eigenvalue weighted by Gasteiger charge is 2.22. The van der Waals surface area contributed by atoms with Crippen molar-refractivity contribution in [2.45, 2.75) is 80.1 Å². The molecule has 0 aliphatic carbocycles. The van der Waals surface area contributed by atoms with Crippen molar-refractivity contribution in [3.63, 3.8) is 0 Å². The van der Waals surface area contributed by atoms with Gasteiger partial charge in [-0.3, -0.25) is 0 Å². The third kappa shape index (κ3) is 19.8. The van der Waals surface area contributed by atoms with E-state index >= 15 is 0 Å². The number of piperazine rings is 1. The van der Waals surface area contributed by atoms with Gasteiger partial charge in [-0.25, -0.2) is 0 Å². The predicted molar refractivity (Wildman–Crippen MR) is 172 cm³/mol. The molecular weight excluding hydrogens is 468 g/mol. The summed E-state index contributed by atoms with van der Waals surface area (Å²) in [6.45, 7) is 30.9. The molecule has 0 radical (unpaired) electrons. The van der Waals surface area contributed by atoms with Gasteiger partial charge in [0.2, 0.25) is 0 Å². The Bertz CT molecular complexity index is 468. The molecule has 38 heavy (non-hydrogen) atoms. The van der Waals surface area contributed by atoms with Gasteiger partial charge in [-0.1, -0.05) is 41.5 Å². The van der Waals surface area contributed by atoms with Crippen LogP contribution in [0.25, 0.3) is 0 Å². The third-order valence-electron chi connectivity index (χ3n) is 8.22. The van der Waals surface area contributed by atoms with Crippen molar-refractivity contribution in [2.75, 3.05) is 120 Å². The Hall–Kier alpha value is -0.240. The van der Waals surface area contributed by atoms with Crippen LogP contribution >= 0.6 is 0 Å². The van der Waals surface area contributed by atoms with Crippen LogP contribution in [0.15, 0.2) is 0 Å². The molecular formula is C32H72N6. The minimum atomic E-state index is 0.964. The normalized spacial score (nSPS) is 20.8. The lowest BCUT2D eigenvalue weighted by atomic mass is 9.96. The van der Waals surface area contributed by atoms with Crippen molar-refractivity contribution in [1.82, 2.24) is 29.4 Å². The zero-order valence-corrected chi connectivity index (χ0v) is 28.0. The molecule has 3 aliphatic rings. The maximum absolute atomic E-state index is 2.68. The lowest BCUT2D eigenvalue weighted by Crippen LogP contribution is -2.47. The van der Waals surface area contributed by atoms with E-state index in [9.17, 15) is 0 Å². The fraction of sp³-hybridized carbons (Fsp3) is 1.00. The molecule has 6 nitrogen and oxygen atoms in total. The van der Waals surface area contributed by atoms with E-state index in [1.807, 2.05) is 13.8 Å². The smallest absolute Gasteiger partial charge is 0.0110 e. The van der Waals surface area contributed by atoms with Gasteiger partial charge in [-0.2, -0.15) is 0 Å². The highest BCUT2D eigenvalue weighted by atomic mass is 15.2. The Morgan fingerprint density at radius 3 is 1.63 bits per heavy atom. The molecule has 3 rings (SSSR count). The summed E-state index contributed by atoms with van der Waals surface area (Å²) in [6, 6.07) is 0. The minimum absolute atomic E-state index is 0.964. The van der Waals surface area contributed by atoms with Gasteiger partial charge >= 0.3 is 0 Å². The molecule has 0 saturated carbocycles. The molecule has 0 unspecified atom stereocenters. The van der Waals surface area contributed by atoms with E-state index in [4.69, 9.17) is 0 Å². The minimum Gasteiger partial charge on any atom is -0.308 e. The first-order chi connectivity index (χ1) is 18.3. The van der Waals surface area contributed by atoms with E-state index in [2.05, 4.69) is 85.3 Å². The molecule has 230 valence electrons. The number of nitrogens with zero attached hydrogens (tertiary/aromatic N) is 6. The molecule has 0 aromatic rings. The summed E-state index contributed by atoms with van der Waals surface area (Å²) in [6.07, 6.45) is 8.22. The molecule has 3 heterocycles. The van der Waals surface area contributed by atoms with Crippen molar-refractivity contribution < 1.29 is 0 Å². The molecule has 3 aliphatic heterocycles. The average Bonchev–Trinajstić information content (AvgIpc) is 2.92. The summed E-state index contributed by atoms with van der Waals surface area (Å²) in [5, 5.41) is 0. The number of likely N-dealkylation sites (tertiary alicyclic amines) is 2. The van der Waals surface area contributed by atoms with Crippen LogP contribution in [0.3, 0.4) is 0 Å². The second-order valence-electron chi connectivity index (χ2n) is 12.1. The summed E-state index contributed by atoms with van der Waals surface area (Å²) < 4.78 is 0. The van der Waals surface area contributed by atoms with E-state index in [1.165, 1.54) is 130 Å². The number of hydrogen-bond acceptors (Lipinski definition) is 6. The van der Waals surface area contributed by atoms with Crippen LogP contribution in [-0.2, 0) is 0 Å². The molecule has 0 spiro atoms. The van der Waals surface area contributed by atoms with Crippen LogP contribution < -0.4 is 0 Å². The first-order valence-corrected chi connectivity index (χ1v) is 16.5. The second-order valence-corrected chi connectivity index (χ2v) is 12.1. The van der Waals surface area contributed by atoms with Crippen LogP contribution in [0.1, 0.15) is 80.1 Å². The fourth-order valence-electron chi connectivity index (χ4n) is 5.33. The Balaban J connectivity index is 0.000000563. The van der Waals surface area contributed by atoms with Gasteiger partial charge in [0, 0.05) is 45.8 Å². The average molecular weight is 541 g/mol. The molecule has 0 aromatic carbocycles. The Morgan fingerprint density at radius 1 is 0.632 bits per heavy atom. The van der Waals surface area contributed by atoms with Crippen molar-refractivity contribution in [3.05, 3.63) is 0 Å². The van der Waals surface area contributed by atoms with Crippen LogP contribution in [0.4, 0.5) is 0 Å². The number of rotatable bonds is 10. The summed E-state index contributed by atoms with van der Waals surface area (Å²) >= 11 is 0. The van der Waals surface area contributed by atoms with E-state index in [1.54, 1.807) is 0 Å². The standard InChI is InChI=1S/C14H29N3.C9H22N2.C7H15N.C2H6/c1-3-6-16-7-4-14(5-8-16)13-17-11-9-15(2)10-12-17;1-5-7-11(6-2)9-8-10(3)4;1-7-3-5-8(2)6-4-7;1-2/h14H,3-13H2,1-2H3;5-9H2,1-4H3;7H,3-6H2,1-2H3;1-2H3. The van der Waals surface area contributed by atoms with Crippen LogP contribution in [0.2, 0.25) is 0 Å². The van der Waals surface area contributed by atoms with Crippen molar-refractivity contribution in [2.24, 2.45) is 11.8 Å². The monoisotopic (exact) mass is 541 g/mol. The lowest BCUT2D eigenvalue weighted by Gasteiger charge is -2.37. The summed E-state index contributed by atoms with van der Waals surface area (Å²) in [5.41, 5.74) is 0. The number of piperidine rings is 2. The topological polar surface area (TPSA) is 19.4 Å². The maximum Gasteiger partial charge on any atom is 0.0110 e. The van der Waals surface area contributed by atoms with E-state index in [-0.39, 0.29) is 0 Å². The lowest BCUT2D eigenvalue weighted by molar-refractivity contribution is 0.106. The molecule has 0 aromatic heterocycles. The van der Waals surface area contributed by atoms with Gasteiger partial charge in [0.1, 0.15) is 0 Å². The Morgan fingerprint density at radius 2 is 1.18 bits per heavy atom. The van der Waals surface area contributed by atoms with Crippen LogP contribution in [0.5, 0.6) is 0 Å². The third-order valence-corrected chi connectivity index (χ3v) is 8.22. The van der Waals surface area contributed by atoms with Gasteiger partial charge in [0.05, 0.1) is 0 Å². The zero-order valence-electron chi connectivity index (χ0n) is 28.0. The first kappa shape index (κ1) is 37.8. The van der Waals surface area contributed by atoms with Crippen molar-refractivity contribution in [3.8, 4) is 0 Å². The van der Waals surface area contributed by atoms with Crippen LogP contribution in [0, 0.1) is 11.8 Å². The van der Waals surface area contributed by atoms with E-state index in [0.29, 0.717) is 0 Å². The van der Waals surface area contributed by atoms with Gasteiger partial charge in [0.25, 0.3) is 0 Å².